The van der Waals surface area contributed by atoms with Gasteiger partial charge in [-0.3, -0.25) is 9.59 Å². The highest BCUT2D eigenvalue weighted by atomic mass is 16.5. The average Bonchev–Trinajstić information content (AvgIpc) is 2.51. The number of unbranched alkanes of at least 4 members (excludes halogenated alkanes) is 1. The lowest BCUT2D eigenvalue weighted by atomic mass is 10.1. The predicted octanol–water partition coefficient (Wildman–Crippen LogP) is 2.47. The number of hydrogen-bond donors (Lipinski definition) is 2. The molecule has 0 unspecified atom stereocenters. The molecule has 2 N–H and O–H groups in total. The van der Waals surface area contributed by atoms with Gasteiger partial charge >= 0.3 is 5.97 Å². The van der Waals surface area contributed by atoms with E-state index in [2.05, 4.69) is 5.32 Å². The fourth-order valence-corrected chi connectivity index (χ4v) is 1.70. The van der Waals surface area contributed by atoms with Crippen LogP contribution in [0.2, 0.25) is 0 Å². The highest BCUT2D eigenvalue weighted by Gasteiger charge is 2.14. The third kappa shape index (κ3) is 6.03. The minimum atomic E-state index is -1.09. The second-order valence-corrected chi connectivity index (χ2v) is 4.78. The molecular formula is C16H23NO5. The molecule has 0 aliphatic carbocycles. The van der Waals surface area contributed by atoms with Gasteiger partial charge in [-0.2, -0.15) is 0 Å². The minimum absolute atomic E-state index is 0.307. The second-order valence-electron chi connectivity index (χ2n) is 4.78. The summed E-state index contributed by atoms with van der Waals surface area (Å²) >= 11 is 0. The van der Waals surface area contributed by atoms with Gasteiger partial charge in [0.05, 0.1) is 18.8 Å². The van der Waals surface area contributed by atoms with Crippen molar-refractivity contribution in [2.45, 2.75) is 33.1 Å². The van der Waals surface area contributed by atoms with E-state index in [4.69, 9.17) is 14.6 Å². The van der Waals surface area contributed by atoms with Crippen LogP contribution in [0, 0.1) is 0 Å². The van der Waals surface area contributed by atoms with Crippen molar-refractivity contribution in [3.05, 3.63) is 23.8 Å². The van der Waals surface area contributed by atoms with Crippen molar-refractivity contribution in [2.24, 2.45) is 0 Å². The summed E-state index contributed by atoms with van der Waals surface area (Å²) in [6.07, 6.45) is 2.73. The zero-order chi connectivity index (χ0) is 16.4. The number of carbonyl (C=O) groups is 2. The van der Waals surface area contributed by atoms with Gasteiger partial charge in [-0.25, -0.2) is 0 Å². The van der Waals surface area contributed by atoms with Gasteiger partial charge in [0, 0.05) is 6.07 Å². The first kappa shape index (κ1) is 17.8. The van der Waals surface area contributed by atoms with Gasteiger partial charge in [-0.05, 0) is 25.0 Å². The molecule has 6 nitrogen and oxygen atoms in total. The summed E-state index contributed by atoms with van der Waals surface area (Å²) in [5.74, 6) is -0.534. The van der Waals surface area contributed by atoms with Gasteiger partial charge in [-0.1, -0.05) is 20.3 Å². The van der Waals surface area contributed by atoms with Crippen LogP contribution in [0.5, 0.6) is 11.5 Å². The molecule has 0 fully saturated rings. The van der Waals surface area contributed by atoms with Crippen LogP contribution in [0.3, 0.4) is 0 Å². The Morgan fingerprint density at radius 1 is 1.14 bits per heavy atom. The molecule has 1 rings (SSSR count). The Balaban J connectivity index is 2.87. The summed E-state index contributed by atoms with van der Waals surface area (Å²) in [6, 6.07) is 4.93. The topological polar surface area (TPSA) is 84.9 Å². The normalized spacial score (nSPS) is 10.1. The maximum absolute atomic E-state index is 12.0. The highest BCUT2D eigenvalue weighted by Crippen LogP contribution is 2.25. The van der Waals surface area contributed by atoms with Crippen molar-refractivity contribution in [1.29, 1.82) is 0 Å². The maximum Gasteiger partial charge on any atom is 0.322 e. The highest BCUT2D eigenvalue weighted by molar-refractivity contribution is 5.98. The molecule has 122 valence electrons. The fraction of sp³-hybridized carbons (Fsp3) is 0.500. The van der Waals surface area contributed by atoms with Crippen LogP contribution >= 0.6 is 0 Å². The number of hydrogen-bond acceptors (Lipinski definition) is 4. The molecule has 0 aliphatic rings. The van der Waals surface area contributed by atoms with Crippen LogP contribution in [0.4, 0.5) is 0 Å². The van der Waals surface area contributed by atoms with Crippen molar-refractivity contribution in [1.82, 2.24) is 5.32 Å². The van der Waals surface area contributed by atoms with Gasteiger partial charge < -0.3 is 19.9 Å². The monoisotopic (exact) mass is 309 g/mol. The lowest BCUT2D eigenvalue weighted by molar-refractivity contribution is -0.135. The molecule has 1 aromatic rings. The average molecular weight is 309 g/mol. The van der Waals surface area contributed by atoms with Crippen LogP contribution in [-0.2, 0) is 4.79 Å². The van der Waals surface area contributed by atoms with E-state index in [1.165, 1.54) is 0 Å². The summed E-state index contributed by atoms with van der Waals surface area (Å²) in [4.78, 5) is 22.6. The zero-order valence-corrected chi connectivity index (χ0v) is 13.1. The number of aliphatic carboxylic acids is 1. The van der Waals surface area contributed by atoms with E-state index < -0.39 is 18.4 Å². The number of nitrogens with one attached hydrogen (secondary N) is 1. The second kappa shape index (κ2) is 9.65. The summed E-state index contributed by atoms with van der Waals surface area (Å²) < 4.78 is 11.2. The first-order valence-corrected chi connectivity index (χ1v) is 7.48. The first-order valence-electron chi connectivity index (χ1n) is 7.48. The molecule has 0 saturated carbocycles. The number of benzene rings is 1. The van der Waals surface area contributed by atoms with E-state index in [-0.39, 0.29) is 0 Å². The van der Waals surface area contributed by atoms with Gasteiger partial charge in [0.25, 0.3) is 5.91 Å². The largest absolute Gasteiger partial charge is 0.493 e. The summed E-state index contributed by atoms with van der Waals surface area (Å²) in [5, 5.41) is 11.0. The third-order valence-electron chi connectivity index (χ3n) is 2.83. The van der Waals surface area contributed by atoms with Crippen molar-refractivity contribution in [3.63, 3.8) is 0 Å². The van der Waals surface area contributed by atoms with Crippen LogP contribution in [0.25, 0.3) is 0 Å². The standard InChI is InChI=1S/C16H23NO5/c1-3-5-9-22-14-10-12(21-8-4-2)6-7-13(14)16(20)17-11-15(18)19/h6-7,10H,3-5,8-9,11H2,1-2H3,(H,17,20)(H,18,19). The van der Waals surface area contributed by atoms with Crippen LogP contribution in [-0.4, -0.2) is 36.7 Å². The van der Waals surface area contributed by atoms with E-state index in [0.29, 0.717) is 30.3 Å². The molecular weight excluding hydrogens is 286 g/mol. The Hall–Kier alpha value is -2.24. The molecule has 22 heavy (non-hydrogen) atoms. The third-order valence-corrected chi connectivity index (χ3v) is 2.83. The van der Waals surface area contributed by atoms with Crippen LogP contribution < -0.4 is 14.8 Å². The Bertz CT molecular complexity index is 501. The lowest BCUT2D eigenvalue weighted by Crippen LogP contribution is -2.29. The van der Waals surface area contributed by atoms with E-state index in [1.807, 2.05) is 13.8 Å². The summed E-state index contributed by atoms with van der Waals surface area (Å²) in [5.41, 5.74) is 0.307. The van der Waals surface area contributed by atoms with Crippen molar-refractivity contribution < 1.29 is 24.2 Å². The summed E-state index contributed by atoms with van der Waals surface area (Å²) in [7, 11) is 0. The van der Waals surface area contributed by atoms with E-state index >= 15 is 0 Å². The Morgan fingerprint density at radius 2 is 1.91 bits per heavy atom. The van der Waals surface area contributed by atoms with Crippen molar-refractivity contribution in [2.75, 3.05) is 19.8 Å². The number of carbonyl (C=O) groups excluding carboxylic acids is 1. The molecule has 6 heteroatoms. The van der Waals surface area contributed by atoms with Crippen molar-refractivity contribution >= 4 is 11.9 Å². The van der Waals surface area contributed by atoms with Crippen LogP contribution in [0.1, 0.15) is 43.5 Å². The van der Waals surface area contributed by atoms with Gasteiger partial charge in [-0.15, -0.1) is 0 Å². The van der Waals surface area contributed by atoms with E-state index in [0.717, 1.165) is 19.3 Å². The van der Waals surface area contributed by atoms with Gasteiger partial charge in [0.1, 0.15) is 18.0 Å². The maximum atomic E-state index is 12.0. The van der Waals surface area contributed by atoms with Crippen molar-refractivity contribution in [3.8, 4) is 11.5 Å². The smallest absolute Gasteiger partial charge is 0.322 e. The Labute approximate surface area is 130 Å². The molecule has 0 aliphatic heterocycles. The first-order chi connectivity index (χ1) is 10.6. The molecule has 0 bridgehead atoms. The number of carboxylic acids is 1. The number of carboxylic acid groups (broad SMARTS) is 1. The Kier molecular flexibility index (Phi) is 7.81. The molecule has 0 heterocycles. The van der Waals surface area contributed by atoms with Crippen LogP contribution in [0.15, 0.2) is 18.2 Å². The molecule has 1 amide bonds. The van der Waals surface area contributed by atoms with Gasteiger partial charge in [0.2, 0.25) is 0 Å². The minimum Gasteiger partial charge on any atom is -0.493 e. The summed E-state index contributed by atoms with van der Waals surface area (Å²) in [6.45, 7) is 4.70. The molecule has 1 aromatic carbocycles. The quantitative estimate of drug-likeness (QED) is 0.649. The number of ether oxygens (including phenoxy) is 2. The van der Waals surface area contributed by atoms with E-state index in [1.54, 1.807) is 18.2 Å². The zero-order valence-electron chi connectivity index (χ0n) is 13.1. The predicted molar refractivity (Wildman–Crippen MR) is 82.6 cm³/mol. The molecule has 0 atom stereocenters. The van der Waals surface area contributed by atoms with E-state index in [9.17, 15) is 9.59 Å². The SMILES string of the molecule is CCCCOc1cc(OCCC)ccc1C(=O)NCC(=O)O. The number of rotatable bonds is 10. The van der Waals surface area contributed by atoms with Gasteiger partial charge in [0.15, 0.2) is 0 Å². The fourth-order valence-electron chi connectivity index (χ4n) is 1.70. The molecule has 0 aromatic heterocycles. The Morgan fingerprint density at radius 3 is 2.55 bits per heavy atom. The number of amides is 1. The molecule has 0 saturated heterocycles. The molecule has 0 radical (unpaired) electrons. The molecule has 0 spiro atoms. The lowest BCUT2D eigenvalue weighted by Gasteiger charge is -2.13.